The van der Waals surface area contributed by atoms with E-state index in [1.54, 1.807) is 0 Å². The van der Waals surface area contributed by atoms with Gasteiger partial charge in [-0.25, -0.2) is 0 Å². The largest absolute Gasteiger partial charge is 0.460 e. The SMILES string of the molecule is CC(CCC(=O)OC(C)(C)C)C1CCC2C3CCC4C[C@H](O)CC[C@]4(C)C3CC[C@]12C. The second-order valence-electron chi connectivity index (χ2n) is 13.4. The van der Waals surface area contributed by atoms with Gasteiger partial charge in [0.15, 0.2) is 0 Å². The van der Waals surface area contributed by atoms with Crippen molar-refractivity contribution in [2.45, 2.75) is 124 Å². The first kappa shape index (κ1) is 23.6. The van der Waals surface area contributed by atoms with Crippen LogP contribution in [-0.2, 0) is 9.53 Å². The van der Waals surface area contributed by atoms with Crippen LogP contribution in [-0.4, -0.2) is 22.8 Å². The van der Waals surface area contributed by atoms with E-state index in [0.717, 1.165) is 48.9 Å². The minimum absolute atomic E-state index is 0.0338. The third kappa shape index (κ3) is 4.34. The Morgan fingerprint density at radius 2 is 1.68 bits per heavy atom. The van der Waals surface area contributed by atoms with Crippen molar-refractivity contribution in [1.29, 1.82) is 0 Å². The van der Waals surface area contributed by atoms with Gasteiger partial charge in [-0.1, -0.05) is 20.8 Å². The van der Waals surface area contributed by atoms with Crippen molar-refractivity contribution in [2.24, 2.45) is 46.3 Å². The minimum Gasteiger partial charge on any atom is -0.460 e. The van der Waals surface area contributed by atoms with Crippen molar-refractivity contribution in [3.63, 3.8) is 0 Å². The zero-order valence-corrected chi connectivity index (χ0v) is 21.1. The Morgan fingerprint density at radius 3 is 2.39 bits per heavy atom. The summed E-state index contributed by atoms with van der Waals surface area (Å²) in [4.78, 5) is 12.3. The first-order valence-electron chi connectivity index (χ1n) is 13.3. The Balaban J connectivity index is 1.42. The standard InChI is InChI=1S/C28H48O3/c1-18(7-12-25(30)31-26(2,3)4)22-10-11-23-21-9-8-19-17-20(29)13-15-27(19,5)24(21)14-16-28(22,23)6/h18-24,29H,7-17H2,1-6H3/t18?,19?,20-,21?,22?,23?,24?,27+,28-/m1/s1. The smallest absolute Gasteiger partial charge is 0.306 e. The Morgan fingerprint density at radius 1 is 1.00 bits per heavy atom. The molecule has 0 amide bonds. The summed E-state index contributed by atoms with van der Waals surface area (Å²) in [5.41, 5.74) is 0.531. The molecule has 0 aromatic carbocycles. The van der Waals surface area contributed by atoms with Crippen LogP contribution in [0, 0.1) is 46.3 Å². The summed E-state index contributed by atoms with van der Waals surface area (Å²) >= 11 is 0. The summed E-state index contributed by atoms with van der Waals surface area (Å²) < 4.78 is 5.57. The molecule has 0 spiro atoms. The van der Waals surface area contributed by atoms with E-state index < -0.39 is 0 Å². The summed E-state index contributed by atoms with van der Waals surface area (Å²) in [6.07, 6.45) is 13.0. The first-order valence-corrected chi connectivity index (χ1v) is 13.3. The Labute approximate surface area is 191 Å². The molecule has 4 saturated carbocycles. The molecule has 0 saturated heterocycles. The van der Waals surface area contributed by atoms with E-state index in [-0.39, 0.29) is 17.7 Å². The predicted octanol–water partition coefficient (Wildman–Crippen LogP) is 6.76. The number of esters is 1. The van der Waals surface area contributed by atoms with Crippen LogP contribution in [0.4, 0.5) is 0 Å². The average Bonchev–Trinajstić information content (AvgIpc) is 3.02. The molecule has 0 radical (unpaired) electrons. The summed E-state index contributed by atoms with van der Waals surface area (Å²) in [5, 5.41) is 10.3. The second-order valence-corrected chi connectivity index (χ2v) is 13.4. The molecule has 31 heavy (non-hydrogen) atoms. The molecule has 0 heterocycles. The lowest BCUT2D eigenvalue weighted by atomic mass is 9.44. The number of ether oxygens (including phenoxy) is 1. The van der Waals surface area contributed by atoms with Gasteiger partial charge in [0.2, 0.25) is 0 Å². The van der Waals surface area contributed by atoms with Gasteiger partial charge < -0.3 is 9.84 Å². The van der Waals surface area contributed by atoms with Crippen LogP contribution in [0.5, 0.6) is 0 Å². The molecule has 4 rings (SSSR count). The first-order chi connectivity index (χ1) is 14.4. The zero-order valence-electron chi connectivity index (χ0n) is 21.1. The molecule has 0 aromatic heterocycles. The Hall–Kier alpha value is -0.570. The molecule has 4 aliphatic rings. The van der Waals surface area contributed by atoms with Gasteiger partial charge in [0, 0.05) is 6.42 Å². The van der Waals surface area contributed by atoms with E-state index in [1.807, 2.05) is 20.8 Å². The lowest BCUT2D eigenvalue weighted by Gasteiger charge is -2.61. The molecule has 4 fully saturated rings. The zero-order chi connectivity index (χ0) is 22.6. The van der Waals surface area contributed by atoms with Gasteiger partial charge in [-0.05, 0) is 131 Å². The highest BCUT2D eigenvalue weighted by molar-refractivity contribution is 5.69. The van der Waals surface area contributed by atoms with Gasteiger partial charge in [-0.15, -0.1) is 0 Å². The molecule has 0 bridgehead atoms. The molecule has 3 heteroatoms. The lowest BCUT2D eigenvalue weighted by molar-refractivity contribution is -0.155. The van der Waals surface area contributed by atoms with Crippen LogP contribution >= 0.6 is 0 Å². The fraction of sp³-hybridized carbons (Fsp3) is 0.964. The van der Waals surface area contributed by atoms with Crippen LogP contribution in [0.15, 0.2) is 0 Å². The van der Waals surface area contributed by atoms with E-state index in [0.29, 0.717) is 23.2 Å². The number of carbonyl (C=O) groups is 1. The molecule has 6 unspecified atom stereocenters. The average molecular weight is 433 g/mol. The summed E-state index contributed by atoms with van der Waals surface area (Å²) in [6.45, 7) is 13.5. The van der Waals surface area contributed by atoms with Crippen LogP contribution in [0.25, 0.3) is 0 Å². The lowest BCUT2D eigenvalue weighted by Crippen LogP contribution is -2.54. The van der Waals surface area contributed by atoms with Crippen molar-refractivity contribution >= 4 is 5.97 Å². The van der Waals surface area contributed by atoms with Gasteiger partial charge in [-0.3, -0.25) is 4.79 Å². The van der Waals surface area contributed by atoms with Gasteiger partial charge in [0.1, 0.15) is 5.60 Å². The topological polar surface area (TPSA) is 46.5 Å². The van der Waals surface area contributed by atoms with Crippen molar-refractivity contribution in [3.05, 3.63) is 0 Å². The molecule has 1 N–H and O–H groups in total. The fourth-order valence-corrected chi connectivity index (χ4v) is 9.15. The fourth-order valence-electron chi connectivity index (χ4n) is 9.15. The van der Waals surface area contributed by atoms with E-state index in [2.05, 4.69) is 20.8 Å². The Kier molecular flexibility index (Phi) is 6.34. The number of rotatable bonds is 4. The van der Waals surface area contributed by atoms with Crippen LogP contribution in [0.2, 0.25) is 0 Å². The highest BCUT2D eigenvalue weighted by Gasteiger charge is 2.60. The molecule has 178 valence electrons. The maximum Gasteiger partial charge on any atom is 0.306 e. The van der Waals surface area contributed by atoms with E-state index >= 15 is 0 Å². The van der Waals surface area contributed by atoms with E-state index in [1.165, 1.54) is 44.9 Å². The number of carbonyl (C=O) groups excluding carboxylic acids is 1. The highest BCUT2D eigenvalue weighted by Crippen LogP contribution is 2.68. The van der Waals surface area contributed by atoms with Crippen LogP contribution in [0.1, 0.15) is 112 Å². The number of hydrogen-bond donors (Lipinski definition) is 1. The highest BCUT2D eigenvalue weighted by atomic mass is 16.6. The van der Waals surface area contributed by atoms with Gasteiger partial charge in [0.25, 0.3) is 0 Å². The second kappa shape index (κ2) is 8.33. The number of fused-ring (bicyclic) bond motifs is 5. The van der Waals surface area contributed by atoms with Gasteiger partial charge >= 0.3 is 5.97 Å². The van der Waals surface area contributed by atoms with E-state index in [4.69, 9.17) is 4.74 Å². The van der Waals surface area contributed by atoms with Gasteiger partial charge in [-0.2, -0.15) is 0 Å². The number of aliphatic hydroxyl groups is 1. The molecule has 0 aliphatic heterocycles. The molecular weight excluding hydrogens is 384 g/mol. The summed E-state index contributed by atoms with van der Waals surface area (Å²) in [7, 11) is 0. The molecule has 3 nitrogen and oxygen atoms in total. The quantitative estimate of drug-likeness (QED) is 0.499. The summed E-state index contributed by atoms with van der Waals surface area (Å²) in [6, 6.07) is 0. The van der Waals surface area contributed by atoms with Crippen LogP contribution < -0.4 is 0 Å². The normalized spacial score (nSPS) is 45.9. The monoisotopic (exact) mass is 432 g/mol. The number of aliphatic hydroxyl groups excluding tert-OH is 1. The summed E-state index contributed by atoms with van der Waals surface area (Å²) in [5.74, 6) is 4.67. The third-order valence-corrected chi connectivity index (χ3v) is 10.6. The van der Waals surface area contributed by atoms with Crippen LogP contribution in [0.3, 0.4) is 0 Å². The van der Waals surface area contributed by atoms with Gasteiger partial charge in [0.05, 0.1) is 6.10 Å². The third-order valence-electron chi connectivity index (χ3n) is 10.6. The molecular formula is C28H48O3. The van der Waals surface area contributed by atoms with Crippen molar-refractivity contribution in [2.75, 3.05) is 0 Å². The minimum atomic E-state index is -0.382. The predicted molar refractivity (Wildman–Crippen MR) is 125 cm³/mol. The molecule has 9 atom stereocenters. The van der Waals surface area contributed by atoms with Crippen molar-refractivity contribution < 1.29 is 14.6 Å². The molecule has 0 aromatic rings. The Bertz CT molecular complexity index is 666. The molecule has 4 aliphatic carbocycles. The maximum absolute atomic E-state index is 12.3. The number of hydrogen-bond acceptors (Lipinski definition) is 3. The maximum atomic E-state index is 12.3. The van der Waals surface area contributed by atoms with E-state index in [9.17, 15) is 9.90 Å². The van der Waals surface area contributed by atoms with Crippen molar-refractivity contribution in [1.82, 2.24) is 0 Å². The van der Waals surface area contributed by atoms with Crippen molar-refractivity contribution in [3.8, 4) is 0 Å².